The van der Waals surface area contributed by atoms with Gasteiger partial charge in [-0.15, -0.1) is 0 Å². The molecule has 3 rings (SSSR count). The molecule has 0 aliphatic heterocycles. The molecule has 23 heavy (non-hydrogen) atoms. The predicted octanol–water partition coefficient (Wildman–Crippen LogP) is 3.68. The fourth-order valence-corrected chi connectivity index (χ4v) is 4.57. The summed E-state index contributed by atoms with van der Waals surface area (Å²) >= 11 is 7.21. The van der Waals surface area contributed by atoms with E-state index in [1.54, 1.807) is 31.2 Å². The standard InChI is InChI=1S/C14H15ClN4O2S2/c1-8(2)12-17-19-13(9(3)16-14(19)22-12)23(20,21)18-11-6-4-10(15)5-7-11/h4-8,18H,1-3H3. The summed E-state index contributed by atoms with van der Waals surface area (Å²) in [6.45, 7) is 5.67. The van der Waals surface area contributed by atoms with E-state index in [-0.39, 0.29) is 10.9 Å². The maximum absolute atomic E-state index is 12.7. The normalized spacial score (nSPS) is 12.2. The third-order valence-corrected chi connectivity index (χ3v) is 6.13. The Balaban J connectivity index is 2.06. The zero-order chi connectivity index (χ0) is 16.8. The molecular weight excluding hydrogens is 356 g/mol. The number of nitrogens with zero attached hydrogens (tertiary/aromatic N) is 3. The van der Waals surface area contributed by atoms with E-state index in [0.717, 1.165) is 5.01 Å². The van der Waals surface area contributed by atoms with Gasteiger partial charge in [-0.05, 0) is 31.2 Å². The highest BCUT2D eigenvalue weighted by Crippen LogP contribution is 2.27. The van der Waals surface area contributed by atoms with E-state index < -0.39 is 10.0 Å². The average Bonchev–Trinajstić information content (AvgIpc) is 2.97. The SMILES string of the molecule is Cc1nc2sc(C(C)C)nn2c1S(=O)(=O)Nc1ccc(Cl)cc1. The Kier molecular flexibility index (Phi) is 4.07. The first-order valence-corrected chi connectivity index (χ1v) is 9.60. The Bertz CT molecular complexity index is 959. The fraction of sp³-hybridized carbons (Fsp3) is 0.286. The number of imidazole rings is 1. The summed E-state index contributed by atoms with van der Waals surface area (Å²) in [6, 6.07) is 6.46. The molecule has 0 amide bonds. The molecular formula is C14H15ClN4O2S2. The van der Waals surface area contributed by atoms with Crippen LogP contribution in [0.2, 0.25) is 5.02 Å². The van der Waals surface area contributed by atoms with Gasteiger partial charge in [0.1, 0.15) is 5.01 Å². The van der Waals surface area contributed by atoms with Crippen molar-refractivity contribution in [2.24, 2.45) is 0 Å². The topological polar surface area (TPSA) is 76.4 Å². The van der Waals surface area contributed by atoms with Crippen LogP contribution >= 0.6 is 22.9 Å². The van der Waals surface area contributed by atoms with Gasteiger partial charge in [0.15, 0.2) is 0 Å². The molecule has 2 aromatic heterocycles. The van der Waals surface area contributed by atoms with Gasteiger partial charge in [0.25, 0.3) is 10.0 Å². The summed E-state index contributed by atoms with van der Waals surface area (Å²) in [5, 5.41) is 5.83. The number of anilines is 1. The molecule has 0 aliphatic carbocycles. The summed E-state index contributed by atoms with van der Waals surface area (Å²) in [4.78, 5) is 4.89. The van der Waals surface area contributed by atoms with Crippen molar-refractivity contribution >= 4 is 43.6 Å². The first-order chi connectivity index (χ1) is 10.8. The van der Waals surface area contributed by atoms with E-state index in [2.05, 4.69) is 14.8 Å². The molecule has 0 aliphatic rings. The molecule has 0 atom stereocenters. The Labute approximate surface area is 143 Å². The fourth-order valence-electron chi connectivity index (χ4n) is 2.11. The summed E-state index contributed by atoms with van der Waals surface area (Å²) in [5.41, 5.74) is 0.851. The van der Waals surface area contributed by atoms with E-state index in [1.165, 1.54) is 15.9 Å². The molecule has 6 nitrogen and oxygen atoms in total. The minimum atomic E-state index is -3.80. The largest absolute Gasteiger partial charge is 0.281 e. The quantitative estimate of drug-likeness (QED) is 0.760. The van der Waals surface area contributed by atoms with Crippen LogP contribution in [0.4, 0.5) is 5.69 Å². The molecule has 1 N–H and O–H groups in total. The van der Waals surface area contributed by atoms with Crippen LogP contribution in [0.5, 0.6) is 0 Å². The number of sulfonamides is 1. The number of nitrogens with one attached hydrogen (secondary N) is 1. The van der Waals surface area contributed by atoms with Gasteiger partial charge in [-0.1, -0.05) is 36.8 Å². The van der Waals surface area contributed by atoms with Crippen LogP contribution < -0.4 is 4.72 Å². The maximum Gasteiger partial charge on any atom is 0.281 e. The molecule has 1 aromatic carbocycles. The zero-order valence-corrected chi connectivity index (χ0v) is 15.1. The number of halogens is 1. The summed E-state index contributed by atoms with van der Waals surface area (Å²) in [7, 11) is -3.80. The minimum Gasteiger partial charge on any atom is -0.278 e. The number of fused-ring (bicyclic) bond motifs is 1. The van der Waals surface area contributed by atoms with Crippen molar-refractivity contribution in [2.75, 3.05) is 4.72 Å². The molecule has 122 valence electrons. The number of aryl methyl sites for hydroxylation is 1. The molecule has 0 spiro atoms. The Hall–Kier alpha value is -1.64. The van der Waals surface area contributed by atoms with Crippen molar-refractivity contribution in [3.8, 4) is 0 Å². The lowest BCUT2D eigenvalue weighted by atomic mass is 10.2. The number of hydrogen-bond acceptors (Lipinski definition) is 5. The molecule has 9 heteroatoms. The van der Waals surface area contributed by atoms with Crippen molar-refractivity contribution < 1.29 is 8.42 Å². The van der Waals surface area contributed by atoms with Crippen LogP contribution in [0.25, 0.3) is 4.96 Å². The molecule has 0 saturated heterocycles. The van der Waals surface area contributed by atoms with Gasteiger partial charge in [-0.3, -0.25) is 4.72 Å². The summed E-state index contributed by atoms with van der Waals surface area (Å²) in [6.07, 6.45) is 0. The lowest BCUT2D eigenvalue weighted by Crippen LogP contribution is -2.16. The highest BCUT2D eigenvalue weighted by Gasteiger charge is 2.26. The number of benzene rings is 1. The highest BCUT2D eigenvalue weighted by atomic mass is 35.5. The molecule has 0 unspecified atom stereocenters. The van der Waals surface area contributed by atoms with Gasteiger partial charge < -0.3 is 0 Å². The van der Waals surface area contributed by atoms with E-state index >= 15 is 0 Å². The van der Waals surface area contributed by atoms with Crippen LogP contribution in [0.15, 0.2) is 29.3 Å². The van der Waals surface area contributed by atoms with Gasteiger partial charge in [-0.25, -0.2) is 4.98 Å². The molecule has 0 radical (unpaired) electrons. The van der Waals surface area contributed by atoms with Crippen LogP contribution in [-0.4, -0.2) is 23.0 Å². The lowest BCUT2D eigenvalue weighted by molar-refractivity contribution is 0.592. The first-order valence-electron chi connectivity index (χ1n) is 6.92. The zero-order valence-electron chi connectivity index (χ0n) is 12.7. The number of rotatable bonds is 4. The number of hydrogen-bond donors (Lipinski definition) is 1. The average molecular weight is 371 g/mol. The van der Waals surface area contributed by atoms with Crippen molar-refractivity contribution in [3.05, 3.63) is 40.0 Å². The molecule has 0 bridgehead atoms. The smallest absolute Gasteiger partial charge is 0.278 e. The van der Waals surface area contributed by atoms with Gasteiger partial charge in [-0.2, -0.15) is 18.0 Å². The Morgan fingerprint density at radius 2 is 1.91 bits per heavy atom. The second-order valence-corrected chi connectivity index (χ2v) is 8.43. The Morgan fingerprint density at radius 1 is 1.26 bits per heavy atom. The van der Waals surface area contributed by atoms with E-state index in [0.29, 0.717) is 21.4 Å². The van der Waals surface area contributed by atoms with Crippen LogP contribution in [0.1, 0.15) is 30.5 Å². The van der Waals surface area contributed by atoms with E-state index in [4.69, 9.17) is 11.6 Å². The van der Waals surface area contributed by atoms with Crippen molar-refractivity contribution in [2.45, 2.75) is 31.7 Å². The third kappa shape index (κ3) is 3.06. The van der Waals surface area contributed by atoms with Gasteiger partial charge in [0, 0.05) is 16.6 Å². The first kappa shape index (κ1) is 16.2. The third-order valence-electron chi connectivity index (χ3n) is 3.19. The monoisotopic (exact) mass is 370 g/mol. The second kappa shape index (κ2) is 5.77. The van der Waals surface area contributed by atoms with Crippen LogP contribution in [0.3, 0.4) is 0 Å². The van der Waals surface area contributed by atoms with Gasteiger partial charge in [0.05, 0.1) is 5.69 Å². The Morgan fingerprint density at radius 3 is 2.52 bits per heavy atom. The summed E-state index contributed by atoms with van der Waals surface area (Å²) < 4.78 is 29.4. The van der Waals surface area contributed by atoms with Crippen LogP contribution in [0, 0.1) is 6.92 Å². The van der Waals surface area contributed by atoms with E-state index in [1.807, 2.05) is 13.8 Å². The van der Waals surface area contributed by atoms with Gasteiger partial charge in [0.2, 0.25) is 9.99 Å². The lowest BCUT2D eigenvalue weighted by Gasteiger charge is -2.07. The van der Waals surface area contributed by atoms with E-state index in [9.17, 15) is 8.42 Å². The second-order valence-electron chi connectivity index (χ2n) is 5.40. The maximum atomic E-state index is 12.7. The summed E-state index contributed by atoms with van der Waals surface area (Å²) in [5.74, 6) is 0.210. The van der Waals surface area contributed by atoms with Crippen molar-refractivity contribution in [3.63, 3.8) is 0 Å². The molecule has 2 heterocycles. The van der Waals surface area contributed by atoms with Crippen LogP contribution in [-0.2, 0) is 10.0 Å². The molecule has 0 fully saturated rings. The molecule has 3 aromatic rings. The minimum absolute atomic E-state index is 0.0607. The highest BCUT2D eigenvalue weighted by molar-refractivity contribution is 7.92. The van der Waals surface area contributed by atoms with Crippen molar-refractivity contribution in [1.82, 2.24) is 14.6 Å². The van der Waals surface area contributed by atoms with Gasteiger partial charge >= 0.3 is 0 Å². The predicted molar refractivity (Wildman–Crippen MR) is 92.0 cm³/mol. The molecule has 0 saturated carbocycles. The van der Waals surface area contributed by atoms with Crippen molar-refractivity contribution in [1.29, 1.82) is 0 Å². The number of aromatic nitrogens is 3.